The Labute approximate surface area is 166 Å². The third kappa shape index (κ3) is 5.46. The summed E-state index contributed by atoms with van der Waals surface area (Å²) in [6.07, 6.45) is -2.60. The van der Waals surface area contributed by atoms with Crippen LogP contribution in [0.15, 0.2) is 22.5 Å². The van der Waals surface area contributed by atoms with E-state index in [1.54, 1.807) is 11.3 Å². The van der Waals surface area contributed by atoms with Crippen molar-refractivity contribution in [2.24, 2.45) is 18.0 Å². The predicted molar refractivity (Wildman–Crippen MR) is 103 cm³/mol. The molecule has 0 amide bonds. The van der Waals surface area contributed by atoms with Gasteiger partial charge in [0, 0.05) is 18.0 Å². The highest BCUT2D eigenvalue weighted by Crippen LogP contribution is 2.37. The number of aliphatic imine (C=N–C) groups is 1. The second-order valence-corrected chi connectivity index (χ2v) is 8.10. The molecule has 0 aromatic carbocycles. The summed E-state index contributed by atoms with van der Waals surface area (Å²) < 4.78 is 41.2. The van der Waals surface area contributed by atoms with Gasteiger partial charge in [-0.2, -0.15) is 13.2 Å². The number of guanidine groups is 1. The number of thiophene rings is 1. The van der Waals surface area contributed by atoms with Gasteiger partial charge in [0.05, 0.1) is 12.5 Å². The molecule has 1 aliphatic carbocycles. The van der Waals surface area contributed by atoms with E-state index < -0.39 is 12.1 Å². The Hall–Kier alpha value is -2.10. The van der Waals surface area contributed by atoms with Gasteiger partial charge in [0.2, 0.25) is 0 Å². The largest absolute Gasteiger partial charge is 0.391 e. The molecule has 1 saturated carbocycles. The normalized spacial score (nSPS) is 21.0. The zero-order chi connectivity index (χ0) is 20.1. The second-order valence-electron chi connectivity index (χ2n) is 7.07. The van der Waals surface area contributed by atoms with Crippen molar-refractivity contribution < 1.29 is 13.2 Å². The molecule has 1 aliphatic rings. The molecule has 1 fully saturated rings. The average Bonchev–Trinajstić information content (AvgIpc) is 3.28. The molecule has 2 aromatic rings. The molecule has 2 aromatic heterocycles. The maximum Gasteiger partial charge on any atom is 0.391 e. The van der Waals surface area contributed by atoms with Crippen LogP contribution >= 0.6 is 11.3 Å². The van der Waals surface area contributed by atoms with Gasteiger partial charge in [-0.3, -0.25) is 0 Å². The van der Waals surface area contributed by atoms with Crippen molar-refractivity contribution in [2.75, 3.05) is 0 Å². The van der Waals surface area contributed by atoms with Crippen molar-refractivity contribution in [1.29, 1.82) is 0 Å². The van der Waals surface area contributed by atoms with E-state index in [4.69, 9.17) is 0 Å². The van der Waals surface area contributed by atoms with E-state index in [1.807, 2.05) is 36.1 Å². The number of aryl methyl sites for hydroxylation is 1. The summed E-state index contributed by atoms with van der Waals surface area (Å²) in [4.78, 5) is 5.67. The molecule has 0 radical (unpaired) electrons. The molecule has 2 atom stereocenters. The maximum atomic E-state index is 13.1. The summed E-state index contributed by atoms with van der Waals surface area (Å²) in [5, 5.41) is 16.5. The molecule has 3 rings (SSSR count). The lowest BCUT2D eigenvalue weighted by Gasteiger charge is -2.32. The minimum Gasteiger partial charge on any atom is -0.354 e. The molecule has 2 N–H and O–H groups in total. The maximum absolute atomic E-state index is 13.1. The number of halogens is 3. The number of alkyl halides is 3. The van der Waals surface area contributed by atoms with Crippen molar-refractivity contribution in [1.82, 2.24) is 25.4 Å². The molecule has 10 heteroatoms. The summed E-state index contributed by atoms with van der Waals surface area (Å²) in [5.74, 6) is 0.735. The molecule has 6 nitrogen and oxygen atoms in total. The van der Waals surface area contributed by atoms with Crippen molar-refractivity contribution in [3.05, 3.63) is 34.0 Å². The minimum absolute atomic E-state index is 0.0757. The lowest BCUT2D eigenvalue weighted by atomic mass is 9.85. The number of hydrogen-bond donors (Lipinski definition) is 2. The van der Waals surface area contributed by atoms with Gasteiger partial charge in [-0.05, 0) is 37.6 Å². The van der Waals surface area contributed by atoms with Crippen LogP contribution in [-0.2, 0) is 20.1 Å². The molecule has 0 saturated heterocycles. The zero-order valence-corrected chi connectivity index (χ0v) is 16.8. The summed E-state index contributed by atoms with van der Waals surface area (Å²) >= 11 is 1.61. The quantitative estimate of drug-likeness (QED) is 0.580. The van der Waals surface area contributed by atoms with Gasteiger partial charge in [0.15, 0.2) is 11.8 Å². The third-order valence-electron chi connectivity index (χ3n) is 5.05. The molecule has 0 aliphatic heterocycles. The average molecular weight is 415 g/mol. The Morgan fingerprint density at radius 1 is 1.36 bits per heavy atom. The number of rotatable bonds is 5. The lowest BCUT2D eigenvalue weighted by molar-refractivity contribution is -0.183. The third-order valence-corrected chi connectivity index (χ3v) is 5.93. The number of nitrogens with zero attached hydrogens (tertiary/aromatic N) is 4. The highest BCUT2D eigenvalue weighted by Gasteiger charge is 2.42. The number of nitrogens with one attached hydrogen (secondary N) is 2. The Morgan fingerprint density at radius 3 is 2.82 bits per heavy atom. The Kier molecular flexibility index (Phi) is 6.58. The molecule has 0 bridgehead atoms. The van der Waals surface area contributed by atoms with Crippen LogP contribution in [-0.4, -0.2) is 32.9 Å². The minimum atomic E-state index is -4.14. The summed E-state index contributed by atoms with van der Waals surface area (Å²) in [7, 11) is 1.86. The van der Waals surface area contributed by atoms with Crippen LogP contribution in [0.25, 0.3) is 0 Å². The van der Waals surface area contributed by atoms with E-state index in [9.17, 15) is 13.2 Å². The van der Waals surface area contributed by atoms with Crippen molar-refractivity contribution >= 4 is 17.3 Å². The Bertz CT molecular complexity index is 784. The van der Waals surface area contributed by atoms with E-state index in [2.05, 4.69) is 25.8 Å². The first-order valence-electron chi connectivity index (χ1n) is 9.31. The van der Waals surface area contributed by atoms with Crippen molar-refractivity contribution in [2.45, 2.75) is 57.9 Å². The van der Waals surface area contributed by atoms with E-state index in [1.165, 1.54) is 0 Å². The van der Waals surface area contributed by atoms with Gasteiger partial charge in [-0.25, -0.2) is 4.99 Å². The molecular formula is C18H25F3N6S. The predicted octanol–water partition coefficient (Wildman–Crippen LogP) is 3.54. The van der Waals surface area contributed by atoms with Crippen LogP contribution in [0.2, 0.25) is 0 Å². The highest BCUT2D eigenvalue weighted by atomic mass is 32.1. The van der Waals surface area contributed by atoms with E-state index >= 15 is 0 Å². The van der Waals surface area contributed by atoms with Gasteiger partial charge < -0.3 is 15.2 Å². The molecule has 28 heavy (non-hydrogen) atoms. The topological polar surface area (TPSA) is 67.1 Å². The van der Waals surface area contributed by atoms with Crippen LogP contribution in [0.3, 0.4) is 0 Å². The fraction of sp³-hybridized carbons (Fsp3) is 0.611. The summed E-state index contributed by atoms with van der Waals surface area (Å²) in [5.41, 5.74) is 0. The smallest absolute Gasteiger partial charge is 0.354 e. The molecule has 0 spiro atoms. The van der Waals surface area contributed by atoms with Crippen molar-refractivity contribution in [3.8, 4) is 0 Å². The van der Waals surface area contributed by atoms with E-state index in [-0.39, 0.29) is 18.9 Å². The van der Waals surface area contributed by atoms with E-state index in [0.717, 1.165) is 10.7 Å². The van der Waals surface area contributed by atoms with Gasteiger partial charge in [-0.1, -0.05) is 12.5 Å². The summed E-state index contributed by atoms with van der Waals surface area (Å²) in [6, 6.07) is 3.71. The molecular weight excluding hydrogens is 389 g/mol. The zero-order valence-electron chi connectivity index (χ0n) is 16.0. The van der Waals surface area contributed by atoms with Gasteiger partial charge in [0.1, 0.15) is 12.4 Å². The van der Waals surface area contributed by atoms with Crippen LogP contribution in [0.4, 0.5) is 13.2 Å². The van der Waals surface area contributed by atoms with E-state index in [0.29, 0.717) is 37.7 Å². The van der Waals surface area contributed by atoms with Crippen LogP contribution in [0.5, 0.6) is 0 Å². The fourth-order valence-electron chi connectivity index (χ4n) is 3.29. The van der Waals surface area contributed by atoms with Crippen molar-refractivity contribution in [3.63, 3.8) is 0 Å². The highest BCUT2D eigenvalue weighted by molar-refractivity contribution is 7.09. The van der Waals surface area contributed by atoms with Gasteiger partial charge in [0.25, 0.3) is 0 Å². The van der Waals surface area contributed by atoms with Crippen LogP contribution < -0.4 is 10.6 Å². The second kappa shape index (κ2) is 8.93. The number of hydrogen-bond acceptors (Lipinski definition) is 4. The first-order valence-corrected chi connectivity index (χ1v) is 10.2. The fourth-order valence-corrected chi connectivity index (χ4v) is 3.93. The Morgan fingerprint density at radius 2 is 2.18 bits per heavy atom. The molecule has 2 unspecified atom stereocenters. The van der Waals surface area contributed by atoms with Gasteiger partial charge in [-0.15, -0.1) is 21.5 Å². The van der Waals surface area contributed by atoms with Gasteiger partial charge >= 0.3 is 6.18 Å². The molecule has 2 heterocycles. The Balaban J connectivity index is 1.68. The first-order chi connectivity index (χ1) is 13.3. The van der Waals surface area contributed by atoms with Crippen LogP contribution in [0.1, 0.15) is 42.2 Å². The monoisotopic (exact) mass is 414 g/mol. The number of aromatic nitrogens is 3. The SMILES string of the molecule is Cc1nnc(CN=C(NCc2cccs2)NC2CCCC(C(F)(F)F)C2)n1C. The van der Waals surface area contributed by atoms with Crippen LogP contribution in [0, 0.1) is 12.8 Å². The lowest BCUT2D eigenvalue weighted by Crippen LogP contribution is -2.46. The first kappa shape index (κ1) is 20.6. The standard InChI is InChI=1S/C18H25F3N6S/c1-12-25-26-16(27(12)2)11-23-17(22-10-15-7-4-8-28-15)24-14-6-3-5-13(9-14)18(19,20)21/h4,7-8,13-14H,3,5-6,9-11H2,1-2H3,(H2,22,23,24). The summed E-state index contributed by atoms with van der Waals surface area (Å²) in [6.45, 7) is 2.72. The molecule has 154 valence electrons.